The third-order valence-corrected chi connectivity index (χ3v) is 4.28. The van der Waals surface area contributed by atoms with Gasteiger partial charge in [-0.15, -0.1) is 0 Å². The molecule has 3 heteroatoms. The molecule has 1 aromatic carbocycles. The van der Waals surface area contributed by atoms with Crippen molar-refractivity contribution in [1.29, 1.82) is 5.26 Å². The molecule has 0 aromatic heterocycles. The van der Waals surface area contributed by atoms with Crippen LogP contribution in [0.4, 0.5) is 0 Å². The zero-order chi connectivity index (χ0) is 14.4. The highest BCUT2D eigenvalue weighted by Crippen LogP contribution is 2.35. The largest absolute Gasteiger partial charge is 0.330 e. The van der Waals surface area contributed by atoms with Crippen LogP contribution in [0.2, 0.25) is 0 Å². The van der Waals surface area contributed by atoms with E-state index >= 15 is 0 Å². The van der Waals surface area contributed by atoms with Crippen LogP contribution in [0.1, 0.15) is 49.8 Å². The minimum Gasteiger partial charge on any atom is -0.330 e. The second-order valence-corrected chi connectivity index (χ2v) is 5.71. The topological polar surface area (TPSA) is 53.0 Å². The van der Waals surface area contributed by atoms with E-state index < -0.39 is 0 Å². The fraction of sp³-hybridized carbons (Fsp3) is 0.588. The normalized spacial score (nSPS) is 24.1. The summed E-state index contributed by atoms with van der Waals surface area (Å²) in [6.45, 7) is 5.20. The number of hydrogen-bond acceptors (Lipinski definition) is 3. The highest BCUT2D eigenvalue weighted by molar-refractivity contribution is 5.34. The first kappa shape index (κ1) is 15.0. The molecule has 0 aliphatic carbocycles. The van der Waals surface area contributed by atoms with E-state index in [0.717, 1.165) is 31.6 Å². The number of hydrogen-bond donors (Lipinski definition) is 1. The molecule has 1 aliphatic rings. The van der Waals surface area contributed by atoms with Gasteiger partial charge in [0.05, 0.1) is 11.6 Å². The van der Waals surface area contributed by atoms with Crippen molar-refractivity contribution >= 4 is 0 Å². The predicted octanol–water partition coefficient (Wildman–Crippen LogP) is 3.07. The number of rotatable bonds is 4. The third kappa shape index (κ3) is 3.39. The van der Waals surface area contributed by atoms with Gasteiger partial charge in [0.2, 0.25) is 0 Å². The van der Waals surface area contributed by atoms with E-state index in [2.05, 4.69) is 24.0 Å². The summed E-state index contributed by atoms with van der Waals surface area (Å²) in [5.41, 5.74) is 8.05. The summed E-state index contributed by atoms with van der Waals surface area (Å²) >= 11 is 0. The molecule has 1 heterocycles. The van der Waals surface area contributed by atoms with Crippen LogP contribution in [0.15, 0.2) is 24.3 Å². The molecule has 2 unspecified atom stereocenters. The smallest absolute Gasteiger partial charge is 0.0991 e. The van der Waals surface area contributed by atoms with Gasteiger partial charge in [0.1, 0.15) is 0 Å². The number of benzene rings is 1. The molecule has 0 spiro atoms. The SMILES string of the molecule is CCCN1CCCCC(CN)C1c1cccc(C#N)c1. The van der Waals surface area contributed by atoms with Crippen molar-refractivity contribution in [3.8, 4) is 6.07 Å². The molecule has 108 valence electrons. The molecule has 1 aromatic rings. The number of nitriles is 1. The van der Waals surface area contributed by atoms with Crippen molar-refractivity contribution in [2.24, 2.45) is 11.7 Å². The van der Waals surface area contributed by atoms with Gasteiger partial charge in [0.25, 0.3) is 0 Å². The van der Waals surface area contributed by atoms with E-state index in [4.69, 9.17) is 11.0 Å². The van der Waals surface area contributed by atoms with Crippen LogP contribution < -0.4 is 5.73 Å². The zero-order valence-corrected chi connectivity index (χ0v) is 12.4. The lowest BCUT2D eigenvalue weighted by Gasteiger charge is -2.35. The second-order valence-electron chi connectivity index (χ2n) is 5.71. The lowest BCUT2D eigenvalue weighted by atomic mass is 9.88. The van der Waals surface area contributed by atoms with Crippen molar-refractivity contribution in [3.63, 3.8) is 0 Å². The highest BCUT2D eigenvalue weighted by atomic mass is 15.2. The van der Waals surface area contributed by atoms with Crippen LogP contribution in [-0.4, -0.2) is 24.5 Å². The first-order valence-electron chi connectivity index (χ1n) is 7.74. The highest BCUT2D eigenvalue weighted by Gasteiger charge is 2.29. The Morgan fingerprint density at radius 3 is 2.95 bits per heavy atom. The first-order chi connectivity index (χ1) is 9.80. The average molecular weight is 271 g/mol. The van der Waals surface area contributed by atoms with Crippen LogP contribution >= 0.6 is 0 Å². The molecule has 0 saturated carbocycles. The molecule has 0 radical (unpaired) electrons. The van der Waals surface area contributed by atoms with Gasteiger partial charge in [0, 0.05) is 6.04 Å². The summed E-state index contributed by atoms with van der Waals surface area (Å²) in [4.78, 5) is 2.57. The lowest BCUT2D eigenvalue weighted by Crippen LogP contribution is -2.36. The van der Waals surface area contributed by atoms with E-state index in [0.29, 0.717) is 12.0 Å². The van der Waals surface area contributed by atoms with Crippen LogP contribution in [0.25, 0.3) is 0 Å². The van der Waals surface area contributed by atoms with E-state index in [-0.39, 0.29) is 0 Å². The Balaban J connectivity index is 2.35. The van der Waals surface area contributed by atoms with Crippen molar-refractivity contribution in [3.05, 3.63) is 35.4 Å². The van der Waals surface area contributed by atoms with Gasteiger partial charge >= 0.3 is 0 Å². The molecule has 2 N–H and O–H groups in total. The molecule has 1 saturated heterocycles. The fourth-order valence-corrected chi connectivity index (χ4v) is 3.38. The summed E-state index contributed by atoms with van der Waals surface area (Å²) < 4.78 is 0. The maximum atomic E-state index is 9.12. The number of likely N-dealkylation sites (tertiary alicyclic amines) is 1. The standard InChI is InChI=1S/C17H25N3/c1-2-9-20-10-4-3-7-16(13-19)17(20)15-8-5-6-14(11-15)12-18/h5-6,8,11,16-17H,2-4,7,9-10,13,19H2,1H3. The van der Waals surface area contributed by atoms with E-state index in [1.807, 2.05) is 18.2 Å². The Kier molecular flexibility index (Phi) is 5.58. The molecule has 2 atom stereocenters. The summed E-state index contributed by atoms with van der Waals surface area (Å²) in [5.74, 6) is 0.498. The van der Waals surface area contributed by atoms with Gasteiger partial charge in [-0.3, -0.25) is 4.90 Å². The van der Waals surface area contributed by atoms with Gasteiger partial charge < -0.3 is 5.73 Å². The maximum Gasteiger partial charge on any atom is 0.0991 e. The van der Waals surface area contributed by atoms with Crippen molar-refractivity contribution in [2.75, 3.05) is 19.6 Å². The summed E-state index contributed by atoms with van der Waals surface area (Å²) in [6.07, 6.45) is 4.87. The molecular formula is C17H25N3. The minimum absolute atomic E-state index is 0.371. The van der Waals surface area contributed by atoms with Crippen LogP contribution in [0, 0.1) is 17.2 Å². The number of nitrogens with zero attached hydrogens (tertiary/aromatic N) is 2. The van der Waals surface area contributed by atoms with Crippen LogP contribution in [0.5, 0.6) is 0 Å². The van der Waals surface area contributed by atoms with Crippen molar-refractivity contribution < 1.29 is 0 Å². The summed E-state index contributed by atoms with van der Waals surface area (Å²) in [7, 11) is 0. The Hall–Kier alpha value is -1.37. The van der Waals surface area contributed by atoms with Gasteiger partial charge in [-0.1, -0.05) is 25.5 Å². The summed E-state index contributed by atoms with van der Waals surface area (Å²) in [5, 5.41) is 9.12. The lowest BCUT2D eigenvalue weighted by molar-refractivity contribution is 0.158. The quantitative estimate of drug-likeness (QED) is 0.915. The molecule has 1 fully saturated rings. The Bertz CT molecular complexity index is 464. The van der Waals surface area contributed by atoms with Crippen molar-refractivity contribution in [2.45, 2.75) is 38.6 Å². The van der Waals surface area contributed by atoms with Gasteiger partial charge in [0.15, 0.2) is 0 Å². The summed E-state index contributed by atoms with van der Waals surface area (Å²) in [6, 6.07) is 10.7. The fourth-order valence-electron chi connectivity index (χ4n) is 3.38. The van der Waals surface area contributed by atoms with E-state index in [9.17, 15) is 0 Å². The molecule has 20 heavy (non-hydrogen) atoms. The van der Waals surface area contributed by atoms with Gasteiger partial charge in [-0.05, 0) is 62.5 Å². The predicted molar refractivity (Wildman–Crippen MR) is 82.2 cm³/mol. The third-order valence-electron chi connectivity index (χ3n) is 4.28. The molecular weight excluding hydrogens is 246 g/mol. The zero-order valence-electron chi connectivity index (χ0n) is 12.4. The Labute approximate surface area is 122 Å². The van der Waals surface area contributed by atoms with E-state index in [1.54, 1.807) is 0 Å². The molecule has 1 aliphatic heterocycles. The molecule has 0 bridgehead atoms. The van der Waals surface area contributed by atoms with E-state index in [1.165, 1.54) is 24.8 Å². The number of nitrogens with two attached hydrogens (primary N) is 1. The second kappa shape index (κ2) is 7.42. The first-order valence-corrected chi connectivity index (χ1v) is 7.74. The van der Waals surface area contributed by atoms with Gasteiger partial charge in [-0.2, -0.15) is 5.26 Å². The van der Waals surface area contributed by atoms with Crippen LogP contribution in [-0.2, 0) is 0 Å². The molecule has 2 rings (SSSR count). The van der Waals surface area contributed by atoms with Crippen LogP contribution in [0.3, 0.4) is 0 Å². The van der Waals surface area contributed by atoms with Crippen molar-refractivity contribution in [1.82, 2.24) is 4.90 Å². The minimum atomic E-state index is 0.371. The Morgan fingerprint density at radius 1 is 1.40 bits per heavy atom. The van der Waals surface area contributed by atoms with Gasteiger partial charge in [-0.25, -0.2) is 0 Å². The maximum absolute atomic E-state index is 9.12. The monoisotopic (exact) mass is 271 g/mol. The molecule has 0 amide bonds. The Morgan fingerprint density at radius 2 is 2.25 bits per heavy atom. The average Bonchev–Trinajstić information content (AvgIpc) is 2.69. The molecule has 3 nitrogen and oxygen atoms in total.